The fourth-order valence-corrected chi connectivity index (χ4v) is 4.31. The summed E-state index contributed by atoms with van der Waals surface area (Å²) in [5.41, 5.74) is 1.95. The molecule has 2 aromatic carbocycles. The van der Waals surface area contributed by atoms with Crippen LogP contribution in [0.1, 0.15) is 59.4 Å². The van der Waals surface area contributed by atoms with Crippen molar-refractivity contribution < 1.29 is 19.1 Å². The van der Waals surface area contributed by atoms with Gasteiger partial charge in [0.1, 0.15) is 11.8 Å². The van der Waals surface area contributed by atoms with Crippen molar-refractivity contribution in [2.24, 2.45) is 5.92 Å². The van der Waals surface area contributed by atoms with E-state index in [0.717, 1.165) is 12.0 Å². The number of likely N-dealkylation sites (tertiary alicyclic amines) is 1. The van der Waals surface area contributed by atoms with Crippen LogP contribution in [0.4, 0.5) is 0 Å². The number of ether oxygens (including phenoxy) is 1. The topological polar surface area (TPSA) is 87.7 Å². The minimum absolute atomic E-state index is 0.0116. The van der Waals surface area contributed by atoms with Crippen LogP contribution in [0.5, 0.6) is 5.75 Å². The molecule has 3 rings (SSSR count). The Balaban J connectivity index is 1.73. The van der Waals surface area contributed by atoms with Gasteiger partial charge in [-0.15, -0.1) is 0 Å². The standard InChI is InChI=1S/C27H35N3O4/c1-5-19(3)28-26(32)24(29-25(31)21-11-7-6-10-18(21)2)20-14-16-30(17-15-20)27(33)22-12-8-9-13-23(22)34-4/h6-13,19-20,24H,5,14-17H2,1-4H3,(H,28,32)(H,29,31). The number of nitrogens with one attached hydrogen (secondary N) is 2. The van der Waals surface area contributed by atoms with Gasteiger partial charge in [0.05, 0.1) is 12.7 Å². The molecule has 182 valence electrons. The molecule has 2 N–H and O–H groups in total. The highest BCUT2D eigenvalue weighted by atomic mass is 16.5. The lowest BCUT2D eigenvalue weighted by atomic mass is 9.88. The molecule has 1 heterocycles. The van der Waals surface area contributed by atoms with E-state index in [-0.39, 0.29) is 29.7 Å². The molecule has 0 saturated carbocycles. The zero-order valence-electron chi connectivity index (χ0n) is 20.5. The second-order valence-corrected chi connectivity index (χ2v) is 8.91. The second-order valence-electron chi connectivity index (χ2n) is 8.91. The third-order valence-corrected chi connectivity index (χ3v) is 6.60. The summed E-state index contributed by atoms with van der Waals surface area (Å²) in [5.74, 6) is -0.0363. The van der Waals surface area contributed by atoms with Crippen molar-refractivity contribution >= 4 is 17.7 Å². The molecule has 2 unspecified atom stereocenters. The summed E-state index contributed by atoms with van der Waals surface area (Å²) in [5, 5.41) is 6.02. The molecule has 1 saturated heterocycles. The van der Waals surface area contributed by atoms with Gasteiger partial charge >= 0.3 is 0 Å². The second kappa shape index (κ2) is 11.7. The highest BCUT2D eigenvalue weighted by Crippen LogP contribution is 2.26. The number of carbonyl (C=O) groups is 3. The summed E-state index contributed by atoms with van der Waals surface area (Å²) in [6, 6.07) is 13.9. The summed E-state index contributed by atoms with van der Waals surface area (Å²) >= 11 is 0. The molecular weight excluding hydrogens is 430 g/mol. The van der Waals surface area contributed by atoms with Gasteiger partial charge in [-0.1, -0.05) is 37.3 Å². The van der Waals surface area contributed by atoms with Crippen molar-refractivity contribution in [1.29, 1.82) is 0 Å². The van der Waals surface area contributed by atoms with Gasteiger partial charge in [0.2, 0.25) is 5.91 Å². The summed E-state index contributed by atoms with van der Waals surface area (Å²) in [7, 11) is 1.55. The summed E-state index contributed by atoms with van der Waals surface area (Å²) < 4.78 is 5.34. The lowest BCUT2D eigenvalue weighted by molar-refractivity contribution is -0.125. The van der Waals surface area contributed by atoms with Gasteiger partial charge in [0.25, 0.3) is 11.8 Å². The van der Waals surface area contributed by atoms with Crippen molar-refractivity contribution in [3.63, 3.8) is 0 Å². The van der Waals surface area contributed by atoms with E-state index >= 15 is 0 Å². The smallest absolute Gasteiger partial charge is 0.257 e. The van der Waals surface area contributed by atoms with Crippen molar-refractivity contribution in [2.75, 3.05) is 20.2 Å². The Bertz CT molecular complexity index is 1010. The average molecular weight is 466 g/mol. The van der Waals surface area contributed by atoms with Gasteiger partial charge in [0, 0.05) is 24.7 Å². The highest BCUT2D eigenvalue weighted by molar-refractivity contribution is 5.99. The number of carbonyl (C=O) groups excluding carboxylic acids is 3. The Morgan fingerprint density at radius 3 is 2.24 bits per heavy atom. The number of benzene rings is 2. The molecule has 7 nitrogen and oxygen atoms in total. The Kier molecular flexibility index (Phi) is 8.68. The van der Waals surface area contributed by atoms with Crippen LogP contribution in [-0.2, 0) is 4.79 Å². The van der Waals surface area contributed by atoms with E-state index < -0.39 is 6.04 Å². The molecule has 2 atom stereocenters. The first kappa shape index (κ1) is 25.3. The maximum atomic E-state index is 13.2. The number of rotatable bonds is 8. The molecule has 1 fully saturated rings. The lowest BCUT2D eigenvalue weighted by Gasteiger charge is -2.36. The fourth-order valence-electron chi connectivity index (χ4n) is 4.31. The summed E-state index contributed by atoms with van der Waals surface area (Å²) in [6.07, 6.45) is 2.04. The Labute approximate surface area is 201 Å². The Hall–Kier alpha value is -3.35. The van der Waals surface area contributed by atoms with Crippen LogP contribution in [0.2, 0.25) is 0 Å². The van der Waals surface area contributed by atoms with E-state index in [1.54, 1.807) is 30.2 Å². The zero-order chi connectivity index (χ0) is 24.7. The number of methoxy groups -OCH3 is 1. The molecular formula is C27H35N3O4. The minimum Gasteiger partial charge on any atom is -0.496 e. The molecule has 0 radical (unpaired) electrons. The first-order valence-electron chi connectivity index (χ1n) is 11.9. The van der Waals surface area contributed by atoms with E-state index in [1.807, 2.05) is 51.1 Å². The van der Waals surface area contributed by atoms with Gasteiger partial charge in [-0.25, -0.2) is 0 Å². The van der Waals surface area contributed by atoms with Crippen molar-refractivity contribution in [1.82, 2.24) is 15.5 Å². The summed E-state index contributed by atoms with van der Waals surface area (Å²) in [4.78, 5) is 41.1. The van der Waals surface area contributed by atoms with Gasteiger partial charge in [0.15, 0.2) is 0 Å². The first-order valence-corrected chi connectivity index (χ1v) is 11.9. The van der Waals surface area contributed by atoms with Crippen LogP contribution in [0.15, 0.2) is 48.5 Å². The molecule has 0 aromatic heterocycles. The van der Waals surface area contributed by atoms with Crippen molar-refractivity contribution in [3.05, 3.63) is 65.2 Å². The zero-order valence-corrected chi connectivity index (χ0v) is 20.5. The molecule has 1 aliphatic heterocycles. The van der Waals surface area contributed by atoms with Crippen LogP contribution < -0.4 is 15.4 Å². The highest BCUT2D eigenvalue weighted by Gasteiger charge is 2.35. The molecule has 0 bridgehead atoms. The third kappa shape index (κ3) is 5.95. The van der Waals surface area contributed by atoms with Crippen LogP contribution in [0.25, 0.3) is 0 Å². The van der Waals surface area contributed by atoms with E-state index in [9.17, 15) is 14.4 Å². The van der Waals surface area contributed by atoms with E-state index in [1.165, 1.54) is 0 Å². The third-order valence-electron chi connectivity index (χ3n) is 6.60. The predicted octanol–water partition coefficient (Wildman–Crippen LogP) is 3.57. The number of amides is 3. The quantitative estimate of drug-likeness (QED) is 0.624. The van der Waals surface area contributed by atoms with E-state index in [2.05, 4.69) is 10.6 Å². The van der Waals surface area contributed by atoms with Gasteiger partial charge in [-0.2, -0.15) is 0 Å². The van der Waals surface area contributed by atoms with Gasteiger partial charge in [-0.05, 0) is 62.8 Å². The molecule has 1 aliphatic rings. The van der Waals surface area contributed by atoms with Crippen LogP contribution in [0, 0.1) is 12.8 Å². The first-order chi connectivity index (χ1) is 16.3. The van der Waals surface area contributed by atoms with Crippen LogP contribution in [-0.4, -0.2) is 54.9 Å². The van der Waals surface area contributed by atoms with Gasteiger partial charge in [-0.3, -0.25) is 14.4 Å². The molecule has 3 amide bonds. The molecule has 0 spiro atoms. The largest absolute Gasteiger partial charge is 0.496 e. The Morgan fingerprint density at radius 1 is 1.00 bits per heavy atom. The van der Waals surface area contributed by atoms with Crippen molar-refractivity contribution in [3.8, 4) is 5.75 Å². The minimum atomic E-state index is -0.662. The number of nitrogens with zero attached hydrogens (tertiary/aromatic N) is 1. The maximum absolute atomic E-state index is 13.2. The average Bonchev–Trinajstić information content (AvgIpc) is 2.86. The summed E-state index contributed by atoms with van der Waals surface area (Å²) in [6.45, 7) is 6.86. The number of aryl methyl sites for hydroxylation is 1. The Morgan fingerprint density at radius 2 is 1.62 bits per heavy atom. The lowest BCUT2D eigenvalue weighted by Crippen LogP contribution is -2.55. The molecule has 34 heavy (non-hydrogen) atoms. The van der Waals surface area contributed by atoms with E-state index in [0.29, 0.717) is 42.8 Å². The van der Waals surface area contributed by atoms with Gasteiger partial charge < -0.3 is 20.3 Å². The number of hydrogen-bond donors (Lipinski definition) is 2. The van der Waals surface area contributed by atoms with E-state index in [4.69, 9.17) is 4.74 Å². The number of piperidine rings is 1. The number of hydrogen-bond acceptors (Lipinski definition) is 4. The predicted molar refractivity (Wildman–Crippen MR) is 132 cm³/mol. The SMILES string of the molecule is CCC(C)NC(=O)C(NC(=O)c1ccccc1C)C1CCN(C(=O)c2ccccc2OC)CC1. The van der Waals surface area contributed by atoms with Crippen LogP contribution >= 0.6 is 0 Å². The van der Waals surface area contributed by atoms with Crippen LogP contribution in [0.3, 0.4) is 0 Å². The molecule has 7 heteroatoms. The molecule has 0 aliphatic carbocycles. The van der Waals surface area contributed by atoms with Crippen molar-refractivity contribution in [2.45, 2.75) is 52.1 Å². The maximum Gasteiger partial charge on any atom is 0.257 e. The molecule has 2 aromatic rings. The fraction of sp³-hybridized carbons (Fsp3) is 0.444. The normalized spacial score (nSPS) is 15.8. The monoisotopic (exact) mass is 465 g/mol. The number of para-hydroxylation sites is 1.